The highest BCUT2D eigenvalue weighted by Gasteiger charge is 2.35. The topological polar surface area (TPSA) is 63.8 Å². The second kappa shape index (κ2) is 5.27. The lowest BCUT2D eigenvalue weighted by Gasteiger charge is -2.16. The third kappa shape index (κ3) is 2.26. The average molecular weight is 336 g/mol. The minimum Gasteiger partial charge on any atom is -0.450 e. The lowest BCUT2D eigenvalue weighted by atomic mass is 10.2. The Hall–Kier alpha value is -2.47. The van der Waals surface area contributed by atoms with E-state index in [1.165, 1.54) is 17.7 Å². The molecule has 3 aromatic heterocycles. The first kappa shape index (κ1) is 13.9. The van der Waals surface area contributed by atoms with Crippen molar-refractivity contribution in [2.75, 3.05) is 5.32 Å². The van der Waals surface area contributed by atoms with Crippen LogP contribution in [-0.4, -0.2) is 15.0 Å². The summed E-state index contributed by atoms with van der Waals surface area (Å²) in [7, 11) is 0. The normalized spacial score (nSPS) is 15.9. The summed E-state index contributed by atoms with van der Waals surface area (Å²) in [5, 5.41) is 5.72. The van der Waals surface area contributed by atoms with Gasteiger partial charge in [-0.25, -0.2) is 15.0 Å². The van der Waals surface area contributed by atoms with Crippen LogP contribution in [0.25, 0.3) is 22.1 Å². The smallest absolute Gasteiger partial charge is 0.196 e. The quantitative estimate of drug-likeness (QED) is 0.585. The molecule has 1 aliphatic rings. The third-order valence-electron chi connectivity index (χ3n) is 4.45. The van der Waals surface area contributed by atoms with Crippen molar-refractivity contribution in [3.8, 4) is 0 Å². The van der Waals surface area contributed by atoms with E-state index in [2.05, 4.69) is 27.2 Å². The summed E-state index contributed by atoms with van der Waals surface area (Å²) in [6, 6.07) is 8.15. The molecule has 0 aliphatic heterocycles. The van der Waals surface area contributed by atoms with Crippen molar-refractivity contribution in [1.29, 1.82) is 0 Å². The Labute approximate surface area is 142 Å². The summed E-state index contributed by atoms with van der Waals surface area (Å²) in [4.78, 5) is 14.7. The highest BCUT2D eigenvalue weighted by molar-refractivity contribution is 7.11. The molecule has 1 atom stereocenters. The second-order valence-corrected chi connectivity index (χ2v) is 7.53. The fourth-order valence-corrected chi connectivity index (χ4v) is 4.02. The predicted molar refractivity (Wildman–Crippen MR) is 95.2 cm³/mol. The van der Waals surface area contributed by atoms with Crippen LogP contribution < -0.4 is 5.32 Å². The summed E-state index contributed by atoms with van der Waals surface area (Å²) in [6.07, 6.45) is 5.99. The Balaban J connectivity index is 1.60. The zero-order chi connectivity index (χ0) is 16.1. The van der Waals surface area contributed by atoms with Crippen LogP contribution in [0.5, 0.6) is 0 Å². The Morgan fingerprint density at radius 1 is 1.21 bits per heavy atom. The molecule has 0 spiro atoms. The average Bonchev–Trinajstić information content (AvgIpc) is 3.23. The Morgan fingerprint density at radius 3 is 2.88 bits per heavy atom. The molecule has 3 heterocycles. The Morgan fingerprint density at radius 2 is 2.08 bits per heavy atom. The van der Waals surface area contributed by atoms with Gasteiger partial charge in [0.2, 0.25) is 0 Å². The van der Waals surface area contributed by atoms with E-state index in [0.29, 0.717) is 5.92 Å². The minimum absolute atomic E-state index is 0.190. The predicted octanol–water partition coefficient (Wildman–Crippen LogP) is 4.70. The van der Waals surface area contributed by atoms with E-state index in [1.54, 1.807) is 17.7 Å². The monoisotopic (exact) mass is 336 g/mol. The first-order chi connectivity index (χ1) is 11.8. The van der Waals surface area contributed by atoms with Crippen molar-refractivity contribution in [3.63, 3.8) is 0 Å². The van der Waals surface area contributed by atoms with Gasteiger partial charge in [0.1, 0.15) is 22.4 Å². The number of benzene rings is 1. The van der Waals surface area contributed by atoms with Gasteiger partial charge >= 0.3 is 0 Å². The summed E-state index contributed by atoms with van der Waals surface area (Å²) in [5.41, 5.74) is 2.41. The summed E-state index contributed by atoms with van der Waals surface area (Å²) in [6.45, 7) is 2.09. The van der Waals surface area contributed by atoms with E-state index in [0.717, 1.165) is 32.9 Å². The first-order valence-corrected chi connectivity index (χ1v) is 8.92. The van der Waals surface area contributed by atoms with E-state index in [1.807, 2.05) is 30.5 Å². The Kier molecular flexibility index (Phi) is 3.06. The van der Waals surface area contributed by atoms with Crippen LogP contribution in [0.15, 0.2) is 41.2 Å². The Bertz CT molecular complexity index is 1030. The van der Waals surface area contributed by atoms with Crippen LogP contribution in [0.2, 0.25) is 0 Å². The molecule has 1 fully saturated rings. The van der Waals surface area contributed by atoms with Crippen molar-refractivity contribution in [2.45, 2.75) is 25.8 Å². The van der Waals surface area contributed by atoms with Crippen molar-refractivity contribution in [1.82, 2.24) is 15.0 Å². The molecule has 0 radical (unpaired) electrons. The number of furan rings is 1. The largest absolute Gasteiger partial charge is 0.450 e. The molecule has 5 nitrogen and oxygen atoms in total. The third-order valence-corrected chi connectivity index (χ3v) is 5.44. The van der Waals surface area contributed by atoms with E-state index in [-0.39, 0.29) is 6.04 Å². The number of para-hydroxylation sites is 1. The lowest BCUT2D eigenvalue weighted by molar-refractivity contribution is 0.649. The molecule has 6 heteroatoms. The van der Waals surface area contributed by atoms with Gasteiger partial charge in [0.15, 0.2) is 11.4 Å². The lowest BCUT2D eigenvalue weighted by Crippen LogP contribution is -2.13. The van der Waals surface area contributed by atoms with Crippen molar-refractivity contribution in [3.05, 3.63) is 46.7 Å². The molecule has 1 aromatic carbocycles. The molecule has 1 saturated carbocycles. The second-order valence-electron chi connectivity index (χ2n) is 6.27. The van der Waals surface area contributed by atoms with Gasteiger partial charge in [0.05, 0.1) is 6.04 Å². The van der Waals surface area contributed by atoms with Gasteiger partial charge in [-0.15, -0.1) is 11.3 Å². The molecule has 24 heavy (non-hydrogen) atoms. The van der Waals surface area contributed by atoms with Crippen molar-refractivity contribution >= 4 is 39.2 Å². The number of nitrogens with zero attached hydrogens (tertiary/aromatic N) is 3. The number of nitrogens with one attached hydrogen (secondary N) is 1. The minimum atomic E-state index is 0.190. The standard InChI is InChI=1S/C18H16N4OS/c1-10-8-19-18(24-10)14(11-6-7-11)22-17-16-15(20-9-21-17)12-4-2-3-5-13(12)23-16/h2-5,8-9,11,14H,6-7H2,1H3,(H,20,21,22)/t14-/m1/s1. The number of rotatable bonds is 4. The van der Waals surface area contributed by atoms with Gasteiger partial charge < -0.3 is 9.73 Å². The van der Waals surface area contributed by atoms with Gasteiger partial charge in [-0.2, -0.15) is 0 Å². The van der Waals surface area contributed by atoms with Gasteiger partial charge in [-0.3, -0.25) is 0 Å². The van der Waals surface area contributed by atoms with E-state index in [4.69, 9.17) is 4.42 Å². The highest BCUT2D eigenvalue weighted by atomic mass is 32.1. The molecule has 1 N–H and O–H groups in total. The fourth-order valence-electron chi connectivity index (χ4n) is 3.10. The van der Waals surface area contributed by atoms with Crippen LogP contribution in [0.1, 0.15) is 28.8 Å². The van der Waals surface area contributed by atoms with Crippen LogP contribution in [0.4, 0.5) is 5.82 Å². The maximum absolute atomic E-state index is 6.02. The molecule has 0 bridgehead atoms. The van der Waals surface area contributed by atoms with Crippen LogP contribution in [0, 0.1) is 12.8 Å². The summed E-state index contributed by atoms with van der Waals surface area (Å²) >= 11 is 1.75. The van der Waals surface area contributed by atoms with E-state index >= 15 is 0 Å². The first-order valence-electron chi connectivity index (χ1n) is 8.11. The highest BCUT2D eigenvalue weighted by Crippen LogP contribution is 2.44. The number of fused-ring (bicyclic) bond motifs is 3. The van der Waals surface area contributed by atoms with Gasteiger partial charge in [0.25, 0.3) is 0 Å². The number of anilines is 1. The molecule has 0 saturated heterocycles. The maximum Gasteiger partial charge on any atom is 0.196 e. The van der Waals surface area contributed by atoms with Gasteiger partial charge in [-0.05, 0) is 37.8 Å². The van der Waals surface area contributed by atoms with Gasteiger partial charge in [0, 0.05) is 16.5 Å². The fraction of sp³-hybridized carbons (Fsp3) is 0.278. The SMILES string of the molecule is Cc1cnc([C@H](Nc2ncnc3c2oc2ccccc23)C2CC2)s1. The molecular formula is C18H16N4OS. The van der Waals surface area contributed by atoms with Crippen molar-refractivity contribution in [2.24, 2.45) is 5.92 Å². The van der Waals surface area contributed by atoms with Crippen molar-refractivity contribution < 1.29 is 4.42 Å². The molecule has 120 valence electrons. The number of hydrogen-bond donors (Lipinski definition) is 1. The number of thiazole rings is 1. The van der Waals surface area contributed by atoms with Gasteiger partial charge in [-0.1, -0.05) is 12.1 Å². The number of hydrogen-bond acceptors (Lipinski definition) is 6. The number of aryl methyl sites for hydroxylation is 1. The molecule has 0 unspecified atom stereocenters. The zero-order valence-electron chi connectivity index (χ0n) is 13.2. The molecule has 0 amide bonds. The molecule has 5 rings (SSSR count). The number of aromatic nitrogens is 3. The summed E-state index contributed by atoms with van der Waals surface area (Å²) in [5.74, 6) is 1.37. The molecule has 4 aromatic rings. The van der Waals surface area contributed by atoms with Crippen LogP contribution in [-0.2, 0) is 0 Å². The maximum atomic E-state index is 6.02. The molecule has 1 aliphatic carbocycles. The zero-order valence-corrected chi connectivity index (χ0v) is 14.0. The van der Waals surface area contributed by atoms with E-state index in [9.17, 15) is 0 Å². The van der Waals surface area contributed by atoms with Crippen LogP contribution >= 0.6 is 11.3 Å². The van der Waals surface area contributed by atoms with E-state index < -0.39 is 0 Å². The molecular weight excluding hydrogens is 320 g/mol. The van der Waals surface area contributed by atoms with Crippen LogP contribution in [0.3, 0.4) is 0 Å². The summed E-state index contributed by atoms with van der Waals surface area (Å²) < 4.78 is 6.02.